The smallest absolute Gasteiger partial charge is 0.338 e. The number of hydrogen-bond donors (Lipinski definition) is 1. The molecule has 2 atom stereocenters. The molecule has 0 bridgehead atoms. The van der Waals surface area contributed by atoms with E-state index in [0.29, 0.717) is 36.7 Å². The van der Waals surface area contributed by atoms with Gasteiger partial charge in [0.15, 0.2) is 0 Å². The number of carbonyl (C=O) groups is 1. The van der Waals surface area contributed by atoms with Gasteiger partial charge in [0.1, 0.15) is 0 Å². The van der Waals surface area contributed by atoms with E-state index in [-0.39, 0.29) is 24.4 Å². The first-order valence-corrected chi connectivity index (χ1v) is 9.78. The third-order valence-electron chi connectivity index (χ3n) is 5.40. The predicted molar refractivity (Wildman–Crippen MR) is 111 cm³/mol. The summed E-state index contributed by atoms with van der Waals surface area (Å²) in [7, 11) is 1.40. The van der Waals surface area contributed by atoms with Crippen LogP contribution in [0.5, 0.6) is 0 Å². The van der Waals surface area contributed by atoms with Crippen LogP contribution in [-0.2, 0) is 12.4 Å². The van der Waals surface area contributed by atoms with Crippen molar-refractivity contribution in [1.82, 2.24) is 10.2 Å². The van der Waals surface area contributed by atoms with Crippen LogP contribution < -0.4 is 5.32 Å². The molecular weight excluding hydrogens is 481 g/mol. The average Bonchev–Trinajstić information content (AvgIpc) is 2.71. The lowest BCUT2D eigenvalue weighted by Crippen LogP contribution is -2.49. The van der Waals surface area contributed by atoms with Crippen molar-refractivity contribution in [3.63, 3.8) is 0 Å². The van der Waals surface area contributed by atoms with Crippen LogP contribution in [-0.4, -0.2) is 37.0 Å². The Balaban J connectivity index is 0.00000363. The molecule has 1 fully saturated rings. The first kappa shape index (κ1) is 26.3. The Bertz CT molecular complexity index is 915. The molecule has 32 heavy (non-hydrogen) atoms. The zero-order valence-electron chi connectivity index (χ0n) is 16.7. The number of rotatable bonds is 3. The number of carbonyl (C=O) groups excluding carboxylic acids is 1. The van der Waals surface area contributed by atoms with E-state index in [1.807, 2.05) is 0 Å². The third-order valence-corrected chi connectivity index (χ3v) is 5.65. The maximum atomic E-state index is 13.2. The summed E-state index contributed by atoms with van der Waals surface area (Å²) in [6, 6.07) is 7.48. The highest BCUT2D eigenvalue weighted by Crippen LogP contribution is 2.37. The SMILES string of the molecule is CN(C(=O)c1cc(C(F)(F)F)cc(C(F)(F)F)c1)[C@@H]1CCNC[C@H]1c1ccc(Cl)cc1.Cl. The first-order chi connectivity index (χ1) is 14.4. The van der Waals surface area contributed by atoms with Crippen molar-refractivity contribution in [2.75, 3.05) is 20.1 Å². The summed E-state index contributed by atoms with van der Waals surface area (Å²) in [5.41, 5.74) is -2.82. The van der Waals surface area contributed by atoms with Gasteiger partial charge in [0.25, 0.3) is 5.91 Å². The lowest BCUT2D eigenvalue weighted by atomic mass is 9.85. The molecule has 0 unspecified atom stereocenters. The van der Waals surface area contributed by atoms with Crippen molar-refractivity contribution in [2.24, 2.45) is 0 Å². The number of halogens is 8. The van der Waals surface area contributed by atoms with Gasteiger partial charge in [-0.1, -0.05) is 23.7 Å². The van der Waals surface area contributed by atoms with Crippen LogP contribution in [0.4, 0.5) is 26.3 Å². The lowest BCUT2D eigenvalue weighted by molar-refractivity contribution is -0.143. The maximum absolute atomic E-state index is 13.2. The topological polar surface area (TPSA) is 32.3 Å². The molecule has 0 saturated carbocycles. The summed E-state index contributed by atoms with van der Waals surface area (Å²) >= 11 is 5.92. The Morgan fingerprint density at radius 3 is 2.03 bits per heavy atom. The molecular formula is C21H20Cl2F6N2O. The molecule has 1 aliphatic heterocycles. The number of benzene rings is 2. The molecule has 1 N–H and O–H groups in total. The number of alkyl halides is 6. The van der Waals surface area contributed by atoms with Gasteiger partial charge in [-0.3, -0.25) is 4.79 Å². The number of likely N-dealkylation sites (N-methyl/N-ethyl adjacent to an activating group) is 1. The molecule has 1 amide bonds. The molecule has 1 aliphatic rings. The quantitative estimate of drug-likeness (QED) is 0.522. The van der Waals surface area contributed by atoms with Crippen LogP contribution in [0.3, 0.4) is 0 Å². The third kappa shape index (κ3) is 5.88. The summed E-state index contributed by atoms with van der Waals surface area (Å²) < 4.78 is 79.0. The summed E-state index contributed by atoms with van der Waals surface area (Å²) in [6.45, 7) is 1.06. The van der Waals surface area contributed by atoms with Gasteiger partial charge in [0.05, 0.1) is 11.1 Å². The van der Waals surface area contributed by atoms with E-state index in [9.17, 15) is 31.1 Å². The fourth-order valence-corrected chi connectivity index (χ4v) is 3.92. The monoisotopic (exact) mass is 500 g/mol. The van der Waals surface area contributed by atoms with E-state index in [0.717, 1.165) is 5.56 Å². The van der Waals surface area contributed by atoms with Crippen molar-refractivity contribution < 1.29 is 31.1 Å². The van der Waals surface area contributed by atoms with Gasteiger partial charge in [0, 0.05) is 36.1 Å². The zero-order valence-corrected chi connectivity index (χ0v) is 18.3. The fraction of sp³-hybridized carbons (Fsp3) is 0.381. The van der Waals surface area contributed by atoms with Crippen molar-refractivity contribution in [3.8, 4) is 0 Å². The molecule has 0 aliphatic carbocycles. The number of hydrogen-bond acceptors (Lipinski definition) is 2. The Kier molecular flexibility index (Phi) is 8.12. The Morgan fingerprint density at radius 2 is 1.53 bits per heavy atom. The molecule has 0 spiro atoms. The van der Waals surface area contributed by atoms with Crippen LogP contribution in [0, 0.1) is 0 Å². The molecule has 1 heterocycles. The highest BCUT2D eigenvalue weighted by molar-refractivity contribution is 6.30. The first-order valence-electron chi connectivity index (χ1n) is 9.41. The summed E-state index contributed by atoms with van der Waals surface area (Å²) in [5.74, 6) is -1.10. The van der Waals surface area contributed by atoms with Gasteiger partial charge in [-0.2, -0.15) is 26.3 Å². The standard InChI is InChI=1S/C21H19ClF6N2O.ClH/c1-30(18-6-7-29-11-17(18)12-2-4-16(22)5-3-12)19(31)13-8-14(20(23,24)25)10-15(9-13)21(26,27)28;/h2-5,8-10,17-18,29H,6-7,11H2,1H3;1H/t17-,18+;/m0./s1. The van der Waals surface area contributed by atoms with Gasteiger partial charge in [-0.15, -0.1) is 12.4 Å². The average molecular weight is 501 g/mol. The molecule has 3 rings (SSSR count). The normalized spacial score (nSPS) is 19.2. The largest absolute Gasteiger partial charge is 0.416 e. The van der Waals surface area contributed by atoms with Crippen LogP contribution in [0.1, 0.15) is 39.4 Å². The zero-order chi connectivity index (χ0) is 23.0. The second-order valence-electron chi connectivity index (χ2n) is 7.43. The number of piperidine rings is 1. The Morgan fingerprint density at radius 1 is 1.00 bits per heavy atom. The maximum Gasteiger partial charge on any atom is 0.416 e. The summed E-state index contributed by atoms with van der Waals surface area (Å²) in [5, 5.41) is 3.73. The second-order valence-corrected chi connectivity index (χ2v) is 7.87. The van der Waals surface area contributed by atoms with Gasteiger partial charge >= 0.3 is 12.4 Å². The Labute approximate surface area is 192 Å². The number of nitrogens with one attached hydrogen (secondary N) is 1. The highest BCUT2D eigenvalue weighted by atomic mass is 35.5. The fourth-order valence-electron chi connectivity index (χ4n) is 3.79. The predicted octanol–water partition coefficient (Wildman–Crippen LogP) is 6.02. The summed E-state index contributed by atoms with van der Waals surface area (Å²) in [6.07, 6.45) is -9.55. The Hall–Kier alpha value is -1.97. The molecule has 1 saturated heterocycles. The second kappa shape index (κ2) is 9.89. The highest BCUT2D eigenvalue weighted by Gasteiger charge is 2.39. The van der Waals surface area contributed by atoms with Crippen molar-refractivity contribution in [2.45, 2.75) is 30.7 Å². The van der Waals surface area contributed by atoms with Crippen molar-refractivity contribution in [1.29, 1.82) is 0 Å². The van der Waals surface area contributed by atoms with E-state index in [4.69, 9.17) is 11.6 Å². The minimum Gasteiger partial charge on any atom is -0.338 e. The van der Waals surface area contributed by atoms with E-state index < -0.39 is 41.0 Å². The van der Waals surface area contributed by atoms with E-state index in [1.165, 1.54) is 11.9 Å². The van der Waals surface area contributed by atoms with Crippen LogP contribution >= 0.6 is 24.0 Å². The van der Waals surface area contributed by atoms with Gasteiger partial charge in [0.2, 0.25) is 0 Å². The molecule has 3 nitrogen and oxygen atoms in total. The molecule has 176 valence electrons. The number of nitrogens with zero attached hydrogens (tertiary/aromatic N) is 1. The van der Waals surface area contributed by atoms with Crippen molar-refractivity contribution in [3.05, 3.63) is 69.7 Å². The van der Waals surface area contributed by atoms with Crippen LogP contribution in [0.15, 0.2) is 42.5 Å². The van der Waals surface area contributed by atoms with E-state index in [1.54, 1.807) is 24.3 Å². The van der Waals surface area contributed by atoms with E-state index in [2.05, 4.69) is 5.32 Å². The minimum absolute atomic E-state index is 0. The van der Waals surface area contributed by atoms with Gasteiger partial charge in [-0.25, -0.2) is 0 Å². The summed E-state index contributed by atoms with van der Waals surface area (Å²) in [4.78, 5) is 14.2. The molecule has 2 aromatic carbocycles. The molecule has 2 aromatic rings. The number of amides is 1. The molecule has 11 heteroatoms. The molecule has 0 radical (unpaired) electrons. The van der Waals surface area contributed by atoms with Gasteiger partial charge in [-0.05, 0) is 48.9 Å². The van der Waals surface area contributed by atoms with E-state index >= 15 is 0 Å². The van der Waals surface area contributed by atoms with Crippen LogP contribution in [0.25, 0.3) is 0 Å². The molecule has 0 aromatic heterocycles. The lowest BCUT2D eigenvalue weighted by Gasteiger charge is -2.39. The van der Waals surface area contributed by atoms with Crippen LogP contribution in [0.2, 0.25) is 5.02 Å². The minimum atomic E-state index is -5.02. The van der Waals surface area contributed by atoms with Crippen molar-refractivity contribution >= 4 is 29.9 Å². The van der Waals surface area contributed by atoms with Gasteiger partial charge < -0.3 is 10.2 Å².